The van der Waals surface area contributed by atoms with Crippen molar-refractivity contribution < 1.29 is 8.42 Å². The number of aromatic nitrogens is 1. The summed E-state index contributed by atoms with van der Waals surface area (Å²) in [4.78, 5) is 3.23. The highest BCUT2D eigenvalue weighted by Gasteiger charge is 2.20. The highest BCUT2D eigenvalue weighted by Crippen LogP contribution is 2.36. The van der Waals surface area contributed by atoms with Crippen LogP contribution in [0.5, 0.6) is 0 Å². The van der Waals surface area contributed by atoms with E-state index in [1.54, 1.807) is 13.0 Å². The Morgan fingerprint density at radius 1 is 1.19 bits per heavy atom. The number of anilines is 1. The Hall–Kier alpha value is -2.78. The zero-order chi connectivity index (χ0) is 19.4. The second-order valence-corrected chi connectivity index (χ2v) is 8.65. The third kappa shape index (κ3) is 4.15. The molecule has 140 valence electrons. The van der Waals surface area contributed by atoms with Crippen LogP contribution >= 0.6 is 0 Å². The highest BCUT2D eigenvalue weighted by molar-refractivity contribution is 7.92. The molecule has 1 heterocycles. The minimum Gasteiger partial charge on any atom is -0.359 e. The van der Waals surface area contributed by atoms with Crippen LogP contribution in [0.2, 0.25) is 0 Å². The van der Waals surface area contributed by atoms with Gasteiger partial charge in [-0.15, -0.1) is 0 Å². The van der Waals surface area contributed by atoms with Crippen molar-refractivity contribution in [2.45, 2.75) is 32.6 Å². The Bertz CT molecular complexity index is 1080. The molecule has 0 saturated heterocycles. The first-order chi connectivity index (χ1) is 12.9. The van der Waals surface area contributed by atoms with E-state index in [0.29, 0.717) is 18.5 Å². The predicted molar refractivity (Wildman–Crippen MR) is 109 cm³/mol. The lowest BCUT2D eigenvalue weighted by atomic mass is 9.87. The number of hydrogen-bond acceptors (Lipinski definition) is 3. The number of rotatable bonds is 7. The number of aromatic amines is 1. The molecule has 0 aliphatic carbocycles. The topological polar surface area (TPSA) is 85.8 Å². The predicted octanol–water partition coefficient (Wildman–Crippen LogP) is 4.67. The molecule has 0 radical (unpaired) electrons. The molecule has 3 aromatic rings. The second kappa shape index (κ2) is 7.85. The minimum atomic E-state index is -3.36. The van der Waals surface area contributed by atoms with E-state index in [2.05, 4.69) is 40.0 Å². The van der Waals surface area contributed by atoms with Gasteiger partial charge in [0.2, 0.25) is 10.0 Å². The van der Waals surface area contributed by atoms with Gasteiger partial charge in [0.15, 0.2) is 0 Å². The highest BCUT2D eigenvalue weighted by atomic mass is 32.2. The monoisotopic (exact) mass is 381 g/mol. The average molecular weight is 382 g/mol. The Kier molecular flexibility index (Phi) is 5.52. The Balaban J connectivity index is 2.08. The van der Waals surface area contributed by atoms with E-state index in [1.807, 2.05) is 25.3 Å². The first-order valence-electron chi connectivity index (χ1n) is 8.99. The summed E-state index contributed by atoms with van der Waals surface area (Å²) in [6, 6.07) is 16.2. The van der Waals surface area contributed by atoms with Crippen molar-refractivity contribution in [3.05, 3.63) is 65.4 Å². The van der Waals surface area contributed by atoms with Crippen LogP contribution in [0.25, 0.3) is 10.9 Å². The van der Waals surface area contributed by atoms with Crippen LogP contribution < -0.4 is 4.72 Å². The van der Waals surface area contributed by atoms with Crippen molar-refractivity contribution >= 4 is 26.6 Å². The molecular formula is C21H23N3O2S. The molecule has 6 heteroatoms. The van der Waals surface area contributed by atoms with E-state index in [9.17, 15) is 8.42 Å². The third-order valence-electron chi connectivity index (χ3n) is 4.79. The molecule has 0 saturated carbocycles. The van der Waals surface area contributed by atoms with Gasteiger partial charge < -0.3 is 4.98 Å². The van der Waals surface area contributed by atoms with Crippen LogP contribution in [0.1, 0.15) is 42.4 Å². The van der Waals surface area contributed by atoms with Crippen molar-refractivity contribution in [2.75, 3.05) is 10.5 Å². The van der Waals surface area contributed by atoms with Gasteiger partial charge in [-0.05, 0) is 37.5 Å². The molecule has 0 aliphatic rings. The number of nitrogens with zero attached hydrogens (tertiary/aromatic N) is 1. The Labute approximate surface area is 160 Å². The van der Waals surface area contributed by atoms with Crippen LogP contribution in [0.4, 0.5) is 5.69 Å². The zero-order valence-electron chi connectivity index (χ0n) is 15.5. The van der Waals surface area contributed by atoms with Crippen LogP contribution in [-0.4, -0.2) is 19.2 Å². The van der Waals surface area contributed by atoms with E-state index in [1.165, 1.54) is 5.56 Å². The smallest absolute Gasteiger partial charge is 0.232 e. The van der Waals surface area contributed by atoms with E-state index >= 15 is 0 Å². The number of aryl methyl sites for hydroxylation is 1. The lowest BCUT2D eigenvalue weighted by Crippen LogP contribution is -2.14. The van der Waals surface area contributed by atoms with Crippen LogP contribution in [0.3, 0.4) is 0 Å². The van der Waals surface area contributed by atoms with Crippen molar-refractivity contribution in [1.29, 1.82) is 5.26 Å². The van der Waals surface area contributed by atoms with Gasteiger partial charge in [0, 0.05) is 23.9 Å². The summed E-state index contributed by atoms with van der Waals surface area (Å²) in [7, 11) is -3.36. The summed E-state index contributed by atoms with van der Waals surface area (Å²) >= 11 is 0. The lowest BCUT2D eigenvalue weighted by molar-refractivity contribution is 0.602. The maximum absolute atomic E-state index is 12.0. The maximum Gasteiger partial charge on any atom is 0.232 e. The Morgan fingerprint density at radius 3 is 2.59 bits per heavy atom. The molecular weight excluding hydrogens is 358 g/mol. The maximum atomic E-state index is 12.0. The van der Waals surface area contributed by atoms with E-state index in [-0.39, 0.29) is 11.7 Å². The standard InChI is InChI=1S/C21H23N3O2S/c1-3-27(25,26)24-20-8-4-6-18-19(14-23-21(18)20)17(7-5-13-22)16-11-9-15(2)10-12-16/h4,6,8-12,14,17,23-24H,3,5,7H2,1-2H3. The minimum absolute atomic E-state index is 0.0190. The molecule has 1 atom stereocenters. The van der Waals surface area contributed by atoms with Gasteiger partial charge in [-0.25, -0.2) is 8.42 Å². The van der Waals surface area contributed by atoms with Gasteiger partial charge in [-0.3, -0.25) is 4.72 Å². The fourth-order valence-corrected chi connectivity index (χ4v) is 3.95. The molecule has 0 spiro atoms. The largest absolute Gasteiger partial charge is 0.359 e. The number of hydrogen-bond donors (Lipinski definition) is 2. The van der Waals surface area contributed by atoms with Gasteiger partial charge in [-0.2, -0.15) is 5.26 Å². The van der Waals surface area contributed by atoms with E-state index < -0.39 is 10.0 Å². The van der Waals surface area contributed by atoms with Gasteiger partial charge in [-0.1, -0.05) is 42.0 Å². The van der Waals surface area contributed by atoms with Gasteiger partial charge in [0.05, 0.1) is 23.0 Å². The van der Waals surface area contributed by atoms with Gasteiger partial charge in [0.25, 0.3) is 0 Å². The van der Waals surface area contributed by atoms with Crippen LogP contribution in [0, 0.1) is 18.3 Å². The first-order valence-corrected chi connectivity index (χ1v) is 10.6. The van der Waals surface area contributed by atoms with Gasteiger partial charge >= 0.3 is 0 Å². The number of nitriles is 1. The van der Waals surface area contributed by atoms with E-state index in [4.69, 9.17) is 5.26 Å². The number of sulfonamides is 1. The van der Waals surface area contributed by atoms with Crippen molar-refractivity contribution in [1.82, 2.24) is 4.98 Å². The SMILES string of the molecule is CCS(=O)(=O)Nc1cccc2c(C(CCC#N)c3ccc(C)cc3)c[nH]c12. The summed E-state index contributed by atoms with van der Waals surface area (Å²) in [5.41, 5.74) is 4.72. The summed E-state index contributed by atoms with van der Waals surface area (Å²) < 4.78 is 26.6. The molecule has 0 aliphatic heterocycles. The fourth-order valence-electron chi connectivity index (χ4n) is 3.30. The zero-order valence-corrected chi connectivity index (χ0v) is 16.3. The molecule has 2 aromatic carbocycles. The molecule has 1 aromatic heterocycles. The number of nitrogens with one attached hydrogen (secondary N) is 2. The van der Waals surface area contributed by atoms with E-state index in [0.717, 1.165) is 22.0 Å². The number of fused-ring (bicyclic) bond motifs is 1. The number of para-hydroxylation sites is 1. The quantitative estimate of drug-likeness (QED) is 0.623. The molecule has 3 rings (SSSR count). The molecule has 5 nitrogen and oxygen atoms in total. The fraction of sp³-hybridized carbons (Fsp3) is 0.286. The molecule has 1 unspecified atom stereocenters. The average Bonchev–Trinajstić information content (AvgIpc) is 3.08. The number of benzene rings is 2. The molecule has 0 fully saturated rings. The van der Waals surface area contributed by atoms with Crippen molar-refractivity contribution in [3.8, 4) is 6.07 Å². The van der Waals surface area contributed by atoms with Crippen LogP contribution in [-0.2, 0) is 10.0 Å². The molecule has 2 N–H and O–H groups in total. The normalized spacial score (nSPS) is 12.6. The summed E-state index contributed by atoms with van der Waals surface area (Å²) in [6.45, 7) is 3.66. The third-order valence-corrected chi connectivity index (χ3v) is 6.08. The molecule has 27 heavy (non-hydrogen) atoms. The summed E-state index contributed by atoms with van der Waals surface area (Å²) in [6.07, 6.45) is 3.08. The van der Waals surface area contributed by atoms with Crippen LogP contribution in [0.15, 0.2) is 48.7 Å². The van der Waals surface area contributed by atoms with Crippen molar-refractivity contribution in [3.63, 3.8) is 0 Å². The Morgan fingerprint density at radius 2 is 1.93 bits per heavy atom. The summed E-state index contributed by atoms with van der Waals surface area (Å²) in [5.74, 6) is 0.0857. The molecule has 0 bridgehead atoms. The second-order valence-electron chi connectivity index (χ2n) is 6.64. The first kappa shape index (κ1) is 19.0. The summed E-state index contributed by atoms with van der Waals surface area (Å²) in [5, 5.41) is 10.0. The molecule has 0 amide bonds. The number of H-pyrrole nitrogens is 1. The van der Waals surface area contributed by atoms with Crippen molar-refractivity contribution in [2.24, 2.45) is 0 Å². The van der Waals surface area contributed by atoms with Gasteiger partial charge in [0.1, 0.15) is 0 Å². The lowest BCUT2D eigenvalue weighted by Gasteiger charge is -2.16.